The molecule has 2 heterocycles. The number of carbonyl (C=O) groups excluding carboxylic acids is 1. The quantitative estimate of drug-likeness (QED) is 0.747. The van der Waals surface area contributed by atoms with Gasteiger partial charge in [-0.05, 0) is 18.8 Å². The van der Waals surface area contributed by atoms with Crippen LogP contribution in [0.25, 0.3) is 0 Å². The van der Waals surface area contributed by atoms with Gasteiger partial charge in [-0.2, -0.15) is 0 Å². The van der Waals surface area contributed by atoms with Gasteiger partial charge in [-0.3, -0.25) is 0 Å². The SMILES string of the molecule is O=C(NCC1CCCOC1)N1CCOCC1. The molecule has 5 heteroatoms. The van der Waals surface area contributed by atoms with Gasteiger partial charge in [0.15, 0.2) is 0 Å². The summed E-state index contributed by atoms with van der Waals surface area (Å²) >= 11 is 0. The number of nitrogens with one attached hydrogen (secondary N) is 1. The van der Waals surface area contributed by atoms with Crippen LogP contribution in [0.1, 0.15) is 12.8 Å². The van der Waals surface area contributed by atoms with Gasteiger partial charge >= 0.3 is 6.03 Å². The highest BCUT2D eigenvalue weighted by Crippen LogP contribution is 2.12. The first kappa shape index (κ1) is 11.7. The Morgan fingerprint density at radius 3 is 2.75 bits per heavy atom. The average Bonchev–Trinajstić information content (AvgIpc) is 2.38. The standard InChI is InChI=1S/C11H20N2O3/c14-11(13-3-6-15-7-4-13)12-8-10-2-1-5-16-9-10/h10H,1-9H2,(H,12,14). The summed E-state index contributed by atoms with van der Waals surface area (Å²) in [4.78, 5) is 13.6. The Bertz CT molecular complexity index is 223. The zero-order valence-electron chi connectivity index (χ0n) is 9.61. The van der Waals surface area contributed by atoms with Crippen molar-refractivity contribution in [3.05, 3.63) is 0 Å². The van der Waals surface area contributed by atoms with Crippen LogP contribution in [0.15, 0.2) is 0 Å². The lowest BCUT2D eigenvalue weighted by Crippen LogP contribution is -2.47. The molecule has 2 aliphatic heterocycles. The van der Waals surface area contributed by atoms with Crippen LogP contribution in [0.2, 0.25) is 0 Å². The monoisotopic (exact) mass is 228 g/mol. The zero-order chi connectivity index (χ0) is 11.2. The predicted octanol–water partition coefficient (Wildman–Crippen LogP) is 0.455. The lowest BCUT2D eigenvalue weighted by atomic mass is 10.0. The summed E-state index contributed by atoms with van der Waals surface area (Å²) in [6.07, 6.45) is 2.27. The first-order valence-electron chi connectivity index (χ1n) is 6.04. The molecule has 0 aromatic carbocycles. The normalized spacial score (nSPS) is 26.5. The molecule has 2 rings (SSSR count). The van der Waals surface area contributed by atoms with Gasteiger partial charge in [0.25, 0.3) is 0 Å². The molecule has 0 saturated carbocycles. The summed E-state index contributed by atoms with van der Waals surface area (Å²) in [6.45, 7) is 5.09. The number of hydrogen-bond donors (Lipinski definition) is 1. The van der Waals surface area contributed by atoms with E-state index in [1.54, 1.807) is 0 Å². The number of ether oxygens (including phenoxy) is 2. The molecule has 16 heavy (non-hydrogen) atoms. The predicted molar refractivity (Wildman–Crippen MR) is 59.3 cm³/mol. The molecule has 2 amide bonds. The van der Waals surface area contributed by atoms with Crippen LogP contribution in [0.3, 0.4) is 0 Å². The lowest BCUT2D eigenvalue weighted by Gasteiger charge is -2.28. The van der Waals surface area contributed by atoms with Crippen LogP contribution in [-0.2, 0) is 9.47 Å². The molecule has 0 bridgehead atoms. The minimum Gasteiger partial charge on any atom is -0.381 e. The number of urea groups is 1. The molecule has 0 radical (unpaired) electrons. The molecular weight excluding hydrogens is 208 g/mol. The number of carbonyl (C=O) groups is 1. The van der Waals surface area contributed by atoms with Crippen molar-refractivity contribution in [2.24, 2.45) is 5.92 Å². The van der Waals surface area contributed by atoms with E-state index in [4.69, 9.17) is 9.47 Å². The summed E-state index contributed by atoms with van der Waals surface area (Å²) in [5.41, 5.74) is 0. The minimum absolute atomic E-state index is 0.0360. The molecular formula is C11H20N2O3. The largest absolute Gasteiger partial charge is 0.381 e. The third kappa shape index (κ3) is 3.35. The summed E-state index contributed by atoms with van der Waals surface area (Å²) in [5, 5.41) is 2.97. The van der Waals surface area contributed by atoms with Gasteiger partial charge in [0.05, 0.1) is 19.8 Å². The van der Waals surface area contributed by atoms with Crippen molar-refractivity contribution in [3.63, 3.8) is 0 Å². The Morgan fingerprint density at radius 2 is 2.06 bits per heavy atom. The molecule has 1 atom stereocenters. The van der Waals surface area contributed by atoms with E-state index >= 15 is 0 Å². The molecule has 0 spiro atoms. The molecule has 5 nitrogen and oxygen atoms in total. The maximum atomic E-state index is 11.8. The van der Waals surface area contributed by atoms with Gasteiger partial charge in [0.1, 0.15) is 0 Å². The minimum atomic E-state index is 0.0360. The highest BCUT2D eigenvalue weighted by atomic mass is 16.5. The zero-order valence-corrected chi connectivity index (χ0v) is 9.61. The van der Waals surface area contributed by atoms with Gasteiger partial charge in [-0.25, -0.2) is 4.79 Å². The van der Waals surface area contributed by atoms with E-state index in [0.717, 1.165) is 32.6 Å². The molecule has 1 unspecified atom stereocenters. The number of morpholine rings is 1. The van der Waals surface area contributed by atoms with E-state index < -0.39 is 0 Å². The number of rotatable bonds is 2. The molecule has 2 aliphatic rings. The van der Waals surface area contributed by atoms with E-state index in [9.17, 15) is 4.79 Å². The fraction of sp³-hybridized carbons (Fsp3) is 0.909. The molecule has 2 fully saturated rings. The maximum Gasteiger partial charge on any atom is 0.317 e. The first-order valence-corrected chi connectivity index (χ1v) is 6.04. The third-order valence-electron chi connectivity index (χ3n) is 3.09. The van der Waals surface area contributed by atoms with Crippen molar-refractivity contribution in [2.45, 2.75) is 12.8 Å². The van der Waals surface area contributed by atoms with Crippen LogP contribution in [0.4, 0.5) is 4.79 Å². The third-order valence-corrected chi connectivity index (χ3v) is 3.09. The fourth-order valence-corrected chi connectivity index (χ4v) is 2.08. The van der Waals surface area contributed by atoms with E-state index in [2.05, 4.69) is 5.32 Å². The van der Waals surface area contributed by atoms with E-state index in [-0.39, 0.29) is 6.03 Å². The maximum absolute atomic E-state index is 11.8. The summed E-state index contributed by atoms with van der Waals surface area (Å²) in [6, 6.07) is 0.0360. The smallest absolute Gasteiger partial charge is 0.317 e. The topological polar surface area (TPSA) is 50.8 Å². The van der Waals surface area contributed by atoms with Crippen molar-refractivity contribution in [1.29, 1.82) is 0 Å². The Morgan fingerprint density at radius 1 is 1.25 bits per heavy atom. The highest BCUT2D eigenvalue weighted by molar-refractivity contribution is 5.74. The molecule has 1 N–H and O–H groups in total. The van der Waals surface area contributed by atoms with E-state index in [1.165, 1.54) is 0 Å². The summed E-state index contributed by atoms with van der Waals surface area (Å²) < 4.78 is 10.6. The van der Waals surface area contributed by atoms with Crippen molar-refractivity contribution in [3.8, 4) is 0 Å². The molecule has 2 saturated heterocycles. The Balaban J connectivity index is 1.65. The second-order valence-corrected chi connectivity index (χ2v) is 4.37. The first-order chi connectivity index (χ1) is 7.86. The van der Waals surface area contributed by atoms with Gasteiger partial charge in [-0.15, -0.1) is 0 Å². The lowest BCUT2D eigenvalue weighted by molar-refractivity contribution is 0.0464. The fourth-order valence-electron chi connectivity index (χ4n) is 2.08. The van der Waals surface area contributed by atoms with Crippen LogP contribution in [-0.4, -0.2) is 57.0 Å². The number of hydrogen-bond acceptors (Lipinski definition) is 3. The van der Waals surface area contributed by atoms with Crippen molar-refractivity contribution in [1.82, 2.24) is 10.2 Å². The summed E-state index contributed by atoms with van der Waals surface area (Å²) in [5.74, 6) is 0.485. The molecule has 0 aliphatic carbocycles. The van der Waals surface area contributed by atoms with Crippen LogP contribution in [0.5, 0.6) is 0 Å². The molecule has 92 valence electrons. The van der Waals surface area contributed by atoms with Crippen molar-refractivity contribution < 1.29 is 14.3 Å². The van der Waals surface area contributed by atoms with Gasteiger partial charge in [0.2, 0.25) is 0 Å². The van der Waals surface area contributed by atoms with Crippen LogP contribution < -0.4 is 5.32 Å². The summed E-state index contributed by atoms with van der Waals surface area (Å²) in [7, 11) is 0. The van der Waals surface area contributed by atoms with Crippen LogP contribution in [0, 0.1) is 5.92 Å². The van der Waals surface area contributed by atoms with Crippen molar-refractivity contribution in [2.75, 3.05) is 46.1 Å². The van der Waals surface area contributed by atoms with Gasteiger partial charge in [-0.1, -0.05) is 0 Å². The van der Waals surface area contributed by atoms with Crippen molar-refractivity contribution >= 4 is 6.03 Å². The number of amides is 2. The van der Waals surface area contributed by atoms with Gasteiger partial charge in [0, 0.05) is 26.2 Å². The Hall–Kier alpha value is -0.810. The molecule has 0 aromatic heterocycles. The van der Waals surface area contributed by atoms with E-state index in [0.29, 0.717) is 32.2 Å². The Labute approximate surface area is 96.1 Å². The second kappa shape index (κ2) is 6.06. The Kier molecular flexibility index (Phi) is 4.42. The van der Waals surface area contributed by atoms with Gasteiger partial charge < -0.3 is 19.7 Å². The van der Waals surface area contributed by atoms with E-state index in [1.807, 2.05) is 4.90 Å². The molecule has 0 aromatic rings. The highest BCUT2D eigenvalue weighted by Gasteiger charge is 2.19. The second-order valence-electron chi connectivity index (χ2n) is 4.37. The van der Waals surface area contributed by atoms with Crippen LogP contribution >= 0.6 is 0 Å². The number of nitrogens with zero attached hydrogens (tertiary/aromatic N) is 1. The average molecular weight is 228 g/mol.